The third-order valence-corrected chi connectivity index (χ3v) is 3.57. The van der Waals surface area contributed by atoms with E-state index in [1.165, 1.54) is 24.3 Å². The van der Waals surface area contributed by atoms with E-state index >= 15 is 0 Å². The van der Waals surface area contributed by atoms with Crippen LogP contribution in [0.25, 0.3) is 17.4 Å². The second kappa shape index (κ2) is 7.11. The summed E-state index contributed by atoms with van der Waals surface area (Å²) in [6, 6.07) is 9.12. The van der Waals surface area contributed by atoms with E-state index in [1.54, 1.807) is 26.0 Å². The molecule has 2 rings (SSSR count). The van der Waals surface area contributed by atoms with E-state index in [4.69, 9.17) is 21.3 Å². The highest BCUT2D eigenvalue weighted by atomic mass is 35.5. The van der Waals surface area contributed by atoms with Crippen molar-refractivity contribution in [2.75, 3.05) is 0 Å². The van der Waals surface area contributed by atoms with Gasteiger partial charge in [-0.3, -0.25) is 14.9 Å². The maximum absolute atomic E-state index is 11.9. The maximum Gasteiger partial charge on any atom is 0.270 e. The number of halogens is 1. The maximum atomic E-state index is 11.9. The number of nitro benzene ring substituents is 1. The number of allylic oxidation sites excluding steroid dienone is 1. The van der Waals surface area contributed by atoms with Crippen molar-refractivity contribution in [1.82, 2.24) is 0 Å². The molecule has 0 saturated carbocycles. The normalized spacial score (nSPS) is 11.4. The van der Waals surface area contributed by atoms with E-state index in [-0.39, 0.29) is 28.0 Å². The van der Waals surface area contributed by atoms with Gasteiger partial charge in [0.25, 0.3) is 5.69 Å². The topological polar surface area (TPSA) is 97.1 Å². The van der Waals surface area contributed by atoms with Crippen LogP contribution in [0.15, 0.2) is 40.3 Å². The van der Waals surface area contributed by atoms with Gasteiger partial charge >= 0.3 is 0 Å². The average molecular weight is 345 g/mol. The fourth-order valence-corrected chi connectivity index (χ4v) is 2.27. The SMILES string of the molecule is CC(C)C(=O)/C(C#N)=C/c1ccc(-c2ccc([N+](=O)[O-])cc2Cl)o1. The van der Waals surface area contributed by atoms with Crippen molar-refractivity contribution in [2.45, 2.75) is 13.8 Å². The first-order valence-corrected chi connectivity index (χ1v) is 7.41. The van der Waals surface area contributed by atoms with Crippen LogP contribution < -0.4 is 0 Å². The largest absolute Gasteiger partial charge is 0.457 e. The lowest BCUT2D eigenvalue weighted by atomic mass is 10.0. The van der Waals surface area contributed by atoms with Gasteiger partial charge in [-0.05, 0) is 18.2 Å². The first-order valence-electron chi connectivity index (χ1n) is 7.03. The average Bonchev–Trinajstić information content (AvgIpc) is 2.99. The van der Waals surface area contributed by atoms with E-state index in [0.717, 1.165) is 0 Å². The summed E-state index contributed by atoms with van der Waals surface area (Å²) in [5.41, 5.74) is 0.362. The Balaban J connectivity index is 2.36. The van der Waals surface area contributed by atoms with E-state index in [9.17, 15) is 14.9 Å². The van der Waals surface area contributed by atoms with Crippen LogP contribution in [-0.4, -0.2) is 10.7 Å². The number of nitriles is 1. The Labute approximate surface area is 143 Å². The number of ketones is 1. The lowest BCUT2D eigenvalue weighted by Gasteiger charge is -2.01. The van der Waals surface area contributed by atoms with Crippen molar-refractivity contribution in [3.05, 3.63) is 56.8 Å². The van der Waals surface area contributed by atoms with Gasteiger partial charge in [-0.15, -0.1) is 0 Å². The van der Waals surface area contributed by atoms with Gasteiger partial charge in [-0.25, -0.2) is 0 Å². The highest BCUT2D eigenvalue weighted by Gasteiger charge is 2.16. The summed E-state index contributed by atoms with van der Waals surface area (Å²) < 4.78 is 5.58. The van der Waals surface area contributed by atoms with Gasteiger partial charge in [0.15, 0.2) is 5.78 Å². The summed E-state index contributed by atoms with van der Waals surface area (Å²) in [5.74, 6) is 0.138. The monoisotopic (exact) mass is 344 g/mol. The van der Waals surface area contributed by atoms with Crippen molar-refractivity contribution in [3.63, 3.8) is 0 Å². The predicted molar refractivity (Wildman–Crippen MR) is 89.2 cm³/mol. The molecular formula is C17H13ClN2O4. The Morgan fingerprint density at radius 1 is 1.38 bits per heavy atom. The summed E-state index contributed by atoms with van der Waals surface area (Å²) >= 11 is 6.06. The van der Waals surface area contributed by atoms with E-state index in [1.807, 2.05) is 6.07 Å². The lowest BCUT2D eigenvalue weighted by Crippen LogP contribution is -2.08. The Morgan fingerprint density at radius 2 is 2.08 bits per heavy atom. The first kappa shape index (κ1) is 17.4. The molecule has 0 aliphatic carbocycles. The van der Waals surface area contributed by atoms with Crippen LogP contribution in [0.2, 0.25) is 5.02 Å². The first-order chi connectivity index (χ1) is 11.3. The quantitative estimate of drug-likeness (QED) is 0.340. The summed E-state index contributed by atoms with van der Waals surface area (Å²) in [6.07, 6.45) is 1.37. The zero-order valence-electron chi connectivity index (χ0n) is 12.9. The van der Waals surface area contributed by atoms with Gasteiger partial charge in [-0.1, -0.05) is 25.4 Å². The number of hydrogen-bond donors (Lipinski definition) is 0. The molecule has 7 heteroatoms. The fourth-order valence-electron chi connectivity index (χ4n) is 2.00. The number of Topliss-reactive ketones (excluding diaryl/α,β-unsaturated/α-hetero) is 1. The summed E-state index contributed by atoms with van der Waals surface area (Å²) in [4.78, 5) is 22.1. The van der Waals surface area contributed by atoms with Crippen molar-refractivity contribution in [2.24, 2.45) is 5.92 Å². The standard InChI is InChI=1S/C17H13ClN2O4/c1-10(2)17(21)11(9-19)7-13-4-6-16(24-13)14-5-3-12(20(22)23)8-15(14)18/h3-8,10H,1-2H3/b11-7+. The van der Waals surface area contributed by atoms with Crippen LogP contribution in [0, 0.1) is 27.4 Å². The van der Waals surface area contributed by atoms with Crippen molar-refractivity contribution in [3.8, 4) is 17.4 Å². The van der Waals surface area contributed by atoms with E-state index in [0.29, 0.717) is 17.1 Å². The Kier molecular flexibility index (Phi) is 5.17. The van der Waals surface area contributed by atoms with Gasteiger partial charge < -0.3 is 4.42 Å². The predicted octanol–water partition coefficient (Wildman–Crippen LogP) is 4.64. The molecule has 1 heterocycles. The summed E-state index contributed by atoms with van der Waals surface area (Å²) in [7, 11) is 0. The molecule has 24 heavy (non-hydrogen) atoms. The molecule has 6 nitrogen and oxygen atoms in total. The van der Waals surface area contributed by atoms with E-state index in [2.05, 4.69) is 0 Å². The molecule has 0 spiro atoms. The zero-order valence-corrected chi connectivity index (χ0v) is 13.7. The van der Waals surface area contributed by atoms with Gasteiger partial charge in [0.2, 0.25) is 0 Å². The zero-order chi connectivity index (χ0) is 17.9. The van der Waals surface area contributed by atoms with E-state index < -0.39 is 4.92 Å². The van der Waals surface area contributed by atoms with Crippen LogP contribution in [0.5, 0.6) is 0 Å². The molecule has 1 aromatic heterocycles. The third kappa shape index (κ3) is 3.70. The third-order valence-electron chi connectivity index (χ3n) is 3.25. The van der Waals surface area contributed by atoms with Crippen molar-refractivity contribution in [1.29, 1.82) is 5.26 Å². The number of hydrogen-bond acceptors (Lipinski definition) is 5. The number of furan rings is 1. The molecule has 2 aromatic rings. The van der Waals surface area contributed by atoms with Crippen LogP contribution in [-0.2, 0) is 4.79 Å². The van der Waals surface area contributed by atoms with Gasteiger partial charge in [0, 0.05) is 29.7 Å². The van der Waals surface area contributed by atoms with Crippen molar-refractivity contribution < 1.29 is 14.1 Å². The number of carbonyl (C=O) groups is 1. The molecule has 122 valence electrons. The molecule has 0 atom stereocenters. The number of rotatable bonds is 5. The van der Waals surface area contributed by atoms with Gasteiger partial charge in [0.1, 0.15) is 17.6 Å². The molecule has 0 aliphatic heterocycles. The molecule has 0 fully saturated rings. The minimum absolute atomic E-state index is 0.000645. The minimum Gasteiger partial charge on any atom is -0.457 e. The Hall–Kier alpha value is -2.91. The van der Waals surface area contributed by atoms with Crippen molar-refractivity contribution >= 4 is 29.1 Å². The molecule has 0 radical (unpaired) electrons. The molecule has 0 N–H and O–H groups in total. The Bertz CT molecular complexity index is 875. The number of nitrogens with zero attached hydrogens (tertiary/aromatic N) is 2. The van der Waals surface area contributed by atoms with Crippen LogP contribution >= 0.6 is 11.6 Å². The Morgan fingerprint density at radius 3 is 2.62 bits per heavy atom. The van der Waals surface area contributed by atoms with Gasteiger partial charge in [-0.2, -0.15) is 5.26 Å². The van der Waals surface area contributed by atoms with Crippen LogP contribution in [0.4, 0.5) is 5.69 Å². The summed E-state index contributed by atoms with van der Waals surface area (Å²) in [5, 5.41) is 20.0. The summed E-state index contributed by atoms with van der Waals surface area (Å²) in [6.45, 7) is 3.41. The molecule has 1 aromatic carbocycles. The second-order valence-electron chi connectivity index (χ2n) is 5.31. The molecule has 0 unspecified atom stereocenters. The number of carbonyl (C=O) groups excluding carboxylic acids is 1. The number of non-ortho nitro benzene ring substituents is 1. The molecule has 0 aliphatic rings. The molecular weight excluding hydrogens is 332 g/mol. The van der Waals surface area contributed by atoms with Gasteiger partial charge in [0.05, 0.1) is 15.5 Å². The second-order valence-corrected chi connectivity index (χ2v) is 5.72. The minimum atomic E-state index is -0.539. The highest BCUT2D eigenvalue weighted by Crippen LogP contribution is 2.32. The number of benzene rings is 1. The molecule has 0 bridgehead atoms. The molecule has 0 saturated heterocycles. The smallest absolute Gasteiger partial charge is 0.270 e. The highest BCUT2D eigenvalue weighted by molar-refractivity contribution is 6.33. The lowest BCUT2D eigenvalue weighted by molar-refractivity contribution is -0.384. The van der Waals surface area contributed by atoms with Crippen LogP contribution in [0.1, 0.15) is 19.6 Å². The van der Waals surface area contributed by atoms with Crippen LogP contribution in [0.3, 0.4) is 0 Å². The fraction of sp³-hybridized carbons (Fsp3) is 0.176. The number of nitro groups is 1. The molecule has 0 amide bonds.